The molecule has 7 heteroatoms. The SMILES string of the molecule is CCOc1cc(C=NNc2nc(-c3ccc(Br)cc3)cs2)ccc1O. The number of aromatic nitrogens is 1. The number of aromatic hydroxyl groups is 1. The maximum absolute atomic E-state index is 9.70. The average Bonchev–Trinajstić information content (AvgIpc) is 3.07. The Balaban J connectivity index is 1.67. The Morgan fingerprint density at radius 1 is 1.28 bits per heavy atom. The number of ether oxygens (including phenoxy) is 1. The summed E-state index contributed by atoms with van der Waals surface area (Å²) in [6, 6.07) is 13.1. The highest BCUT2D eigenvalue weighted by atomic mass is 79.9. The van der Waals surface area contributed by atoms with Gasteiger partial charge in [-0.1, -0.05) is 28.1 Å². The van der Waals surface area contributed by atoms with Crippen LogP contribution >= 0.6 is 27.3 Å². The number of hydrazone groups is 1. The molecule has 2 aromatic carbocycles. The minimum Gasteiger partial charge on any atom is -0.504 e. The molecule has 0 fully saturated rings. The van der Waals surface area contributed by atoms with E-state index in [9.17, 15) is 5.11 Å². The van der Waals surface area contributed by atoms with Gasteiger partial charge in [0.2, 0.25) is 5.13 Å². The molecular weight excluding hydrogens is 402 g/mol. The molecule has 0 saturated heterocycles. The van der Waals surface area contributed by atoms with E-state index in [0.29, 0.717) is 17.5 Å². The highest BCUT2D eigenvalue weighted by Crippen LogP contribution is 2.27. The van der Waals surface area contributed by atoms with Gasteiger partial charge in [-0.15, -0.1) is 11.3 Å². The number of benzene rings is 2. The number of nitrogens with one attached hydrogen (secondary N) is 1. The molecule has 0 bridgehead atoms. The first-order valence-corrected chi connectivity index (χ1v) is 9.29. The molecule has 0 atom stereocenters. The second-order valence-corrected chi connectivity index (χ2v) is 6.85. The molecule has 0 saturated carbocycles. The zero-order valence-electron chi connectivity index (χ0n) is 13.4. The van der Waals surface area contributed by atoms with Crippen molar-refractivity contribution in [3.05, 3.63) is 57.9 Å². The maximum Gasteiger partial charge on any atom is 0.203 e. The minimum atomic E-state index is 0.117. The fourth-order valence-corrected chi connectivity index (χ4v) is 3.06. The van der Waals surface area contributed by atoms with Crippen LogP contribution in [0.25, 0.3) is 11.3 Å². The molecule has 3 rings (SSSR count). The molecule has 1 heterocycles. The summed E-state index contributed by atoms with van der Waals surface area (Å²) >= 11 is 4.91. The molecule has 128 valence electrons. The lowest BCUT2D eigenvalue weighted by Gasteiger charge is -2.05. The summed E-state index contributed by atoms with van der Waals surface area (Å²) in [6.45, 7) is 2.36. The minimum absolute atomic E-state index is 0.117. The number of thiazole rings is 1. The Morgan fingerprint density at radius 3 is 2.84 bits per heavy atom. The molecule has 3 aromatic rings. The van der Waals surface area contributed by atoms with Crippen molar-refractivity contribution < 1.29 is 9.84 Å². The number of hydrogen-bond acceptors (Lipinski definition) is 6. The lowest BCUT2D eigenvalue weighted by atomic mass is 10.2. The zero-order chi connectivity index (χ0) is 17.6. The third-order valence-corrected chi connectivity index (χ3v) is 4.58. The fraction of sp³-hybridized carbons (Fsp3) is 0.111. The van der Waals surface area contributed by atoms with Crippen LogP contribution in [0.5, 0.6) is 11.5 Å². The predicted octanol–water partition coefficient (Wildman–Crippen LogP) is 5.12. The summed E-state index contributed by atoms with van der Waals surface area (Å²) in [5.41, 5.74) is 5.70. The molecule has 0 aliphatic rings. The smallest absolute Gasteiger partial charge is 0.203 e. The van der Waals surface area contributed by atoms with Gasteiger partial charge >= 0.3 is 0 Å². The van der Waals surface area contributed by atoms with Gasteiger partial charge in [-0.05, 0) is 42.8 Å². The normalized spacial score (nSPS) is 11.0. The van der Waals surface area contributed by atoms with Crippen molar-refractivity contribution in [3.63, 3.8) is 0 Å². The molecule has 25 heavy (non-hydrogen) atoms. The van der Waals surface area contributed by atoms with Crippen molar-refractivity contribution in [1.82, 2.24) is 4.98 Å². The number of nitrogens with zero attached hydrogens (tertiary/aromatic N) is 2. The number of anilines is 1. The van der Waals surface area contributed by atoms with Crippen molar-refractivity contribution in [2.24, 2.45) is 5.10 Å². The van der Waals surface area contributed by atoms with E-state index in [2.05, 4.69) is 31.4 Å². The summed E-state index contributed by atoms with van der Waals surface area (Å²) < 4.78 is 6.39. The van der Waals surface area contributed by atoms with Crippen LogP contribution in [0.15, 0.2) is 57.4 Å². The van der Waals surface area contributed by atoms with Gasteiger partial charge in [0.25, 0.3) is 0 Å². The van der Waals surface area contributed by atoms with Crippen LogP contribution in [0.1, 0.15) is 12.5 Å². The first kappa shape index (κ1) is 17.4. The summed E-state index contributed by atoms with van der Waals surface area (Å²) in [5.74, 6) is 0.559. The largest absolute Gasteiger partial charge is 0.504 e. The molecule has 0 spiro atoms. The topological polar surface area (TPSA) is 66.7 Å². The van der Waals surface area contributed by atoms with Crippen LogP contribution in [0.3, 0.4) is 0 Å². The van der Waals surface area contributed by atoms with Crippen LogP contribution < -0.4 is 10.2 Å². The predicted molar refractivity (Wildman–Crippen MR) is 106 cm³/mol. The Kier molecular flexibility index (Phi) is 5.67. The maximum atomic E-state index is 9.70. The Labute approximate surface area is 158 Å². The monoisotopic (exact) mass is 417 g/mol. The average molecular weight is 418 g/mol. The first-order valence-electron chi connectivity index (χ1n) is 7.62. The van der Waals surface area contributed by atoms with E-state index >= 15 is 0 Å². The third kappa shape index (κ3) is 4.58. The number of hydrogen-bond donors (Lipinski definition) is 2. The summed E-state index contributed by atoms with van der Waals surface area (Å²) in [5, 5.41) is 16.6. The van der Waals surface area contributed by atoms with Gasteiger partial charge in [0, 0.05) is 15.4 Å². The molecular formula is C18H16BrN3O2S. The molecule has 2 N–H and O–H groups in total. The lowest BCUT2D eigenvalue weighted by molar-refractivity contribution is 0.318. The second-order valence-electron chi connectivity index (χ2n) is 5.07. The Morgan fingerprint density at radius 2 is 2.08 bits per heavy atom. The Bertz CT molecular complexity index is 878. The molecule has 0 amide bonds. The van der Waals surface area contributed by atoms with E-state index in [-0.39, 0.29) is 5.75 Å². The summed E-state index contributed by atoms with van der Waals surface area (Å²) in [6.07, 6.45) is 1.66. The molecule has 0 aliphatic heterocycles. The first-order chi connectivity index (χ1) is 12.2. The number of rotatable bonds is 6. The highest BCUT2D eigenvalue weighted by Gasteiger charge is 2.04. The van der Waals surface area contributed by atoms with E-state index in [1.807, 2.05) is 36.6 Å². The van der Waals surface area contributed by atoms with Crippen molar-refractivity contribution in [3.8, 4) is 22.8 Å². The summed E-state index contributed by atoms with van der Waals surface area (Å²) in [4.78, 5) is 4.52. The van der Waals surface area contributed by atoms with E-state index in [1.54, 1.807) is 24.4 Å². The van der Waals surface area contributed by atoms with E-state index in [1.165, 1.54) is 11.3 Å². The number of phenolic OH excluding ortho intramolecular Hbond substituents is 1. The third-order valence-electron chi connectivity index (χ3n) is 3.30. The molecule has 5 nitrogen and oxygen atoms in total. The quantitative estimate of drug-likeness (QED) is 0.431. The van der Waals surface area contributed by atoms with Gasteiger partial charge in [-0.3, -0.25) is 5.43 Å². The zero-order valence-corrected chi connectivity index (χ0v) is 15.8. The standard InChI is InChI=1S/C18H16BrN3O2S/c1-2-24-17-9-12(3-8-16(17)23)10-20-22-18-21-15(11-25-18)13-4-6-14(19)7-5-13/h3-11,23H,2H2,1H3,(H,21,22). The molecule has 0 unspecified atom stereocenters. The van der Waals surface area contributed by atoms with Gasteiger partial charge in [0.1, 0.15) is 0 Å². The van der Waals surface area contributed by atoms with Crippen molar-refractivity contribution in [1.29, 1.82) is 0 Å². The van der Waals surface area contributed by atoms with E-state index < -0.39 is 0 Å². The molecule has 0 aliphatic carbocycles. The van der Waals surface area contributed by atoms with Gasteiger partial charge in [-0.2, -0.15) is 5.10 Å². The van der Waals surface area contributed by atoms with Gasteiger partial charge in [0.05, 0.1) is 18.5 Å². The van der Waals surface area contributed by atoms with Crippen molar-refractivity contribution in [2.75, 3.05) is 12.0 Å². The highest BCUT2D eigenvalue weighted by molar-refractivity contribution is 9.10. The van der Waals surface area contributed by atoms with Gasteiger partial charge in [0.15, 0.2) is 11.5 Å². The van der Waals surface area contributed by atoms with Crippen LogP contribution in [0, 0.1) is 0 Å². The molecule has 0 radical (unpaired) electrons. The van der Waals surface area contributed by atoms with Crippen LogP contribution in [0.4, 0.5) is 5.13 Å². The van der Waals surface area contributed by atoms with E-state index in [4.69, 9.17) is 4.74 Å². The second kappa shape index (κ2) is 8.13. The fourth-order valence-electron chi connectivity index (χ4n) is 2.12. The van der Waals surface area contributed by atoms with Crippen LogP contribution in [0.2, 0.25) is 0 Å². The van der Waals surface area contributed by atoms with E-state index in [0.717, 1.165) is 21.3 Å². The van der Waals surface area contributed by atoms with Crippen molar-refractivity contribution in [2.45, 2.75) is 6.92 Å². The van der Waals surface area contributed by atoms with Crippen LogP contribution in [-0.4, -0.2) is 22.9 Å². The van der Waals surface area contributed by atoms with Gasteiger partial charge < -0.3 is 9.84 Å². The summed E-state index contributed by atoms with van der Waals surface area (Å²) in [7, 11) is 0. The number of phenols is 1. The molecule has 1 aromatic heterocycles. The lowest BCUT2D eigenvalue weighted by Crippen LogP contribution is -1.94. The van der Waals surface area contributed by atoms with Crippen molar-refractivity contribution >= 4 is 38.6 Å². The number of halogens is 1. The Hall–Kier alpha value is -2.38. The van der Waals surface area contributed by atoms with Gasteiger partial charge in [-0.25, -0.2) is 4.98 Å². The van der Waals surface area contributed by atoms with Crippen LogP contribution in [-0.2, 0) is 0 Å².